The maximum atomic E-state index is 13.6. The number of benzene rings is 2. The fraction of sp³-hybridized carbons (Fsp3) is 0.250. The van der Waals surface area contributed by atoms with E-state index in [4.69, 9.17) is 14.7 Å². The highest BCUT2D eigenvalue weighted by atomic mass is 32.2. The number of nitrogens with two attached hydrogens (primary N) is 1. The second kappa shape index (κ2) is 9.65. The van der Waals surface area contributed by atoms with Gasteiger partial charge < -0.3 is 14.7 Å². The number of rotatable bonds is 7. The molecule has 0 aliphatic carbocycles. The molecule has 2 unspecified atom stereocenters. The zero-order valence-electron chi connectivity index (χ0n) is 18.6. The smallest absolute Gasteiger partial charge is 0.356 e. The largest absolute Gasteiger partial charge is 0.448 e. The minimum absolute atomic E-state index is 0.0452. The maximum Gasteiger partial charge on any atom is 0.356 e. The molecule has 0 radical (unpaired) electrons. The molecule has 2 aromatic carbocycles. The average molecular weight is 501 g/mol. The Hall–Kier alpha value is -3.08. The molecule has 2 aromatic rings. The van der Waals surface area contributed by atoms with Crippen molar-refractivity contribution in [3.63, 3.8) is 0 Å². The van der Waals surface area contributed by atoms with Crippen molar-refractivity contribution in [1.82, 2.24) is 4.90 Å². The van der Waals surface area contributed by atoms with Gasteiger partial charge in [0.05, 0.1) is 6.26 Å². The first kappa shape index (κ1) is 24.1. The van der Waals surface area contributed by atoms with E-state index in [0.29, 0.717) is 11.3 Å². The van der Waals surface area contributed by atoms with Gasteiger partial charge in [-0.25, -0.2) is 4.79 Å². The third-order valence-corrected chi connectivity index (χ3v) is 7.21. The van der Waals surface area contributed by atoms with Gasteiger partial charge in [-0.3, -0.25) is 9.69 Å². The Morgan fingerprint density at radius 1 is 1.12 bits per heavy atom. The van der Waals surface area contributed by atoms with Gasteiger partial charge in [0.15, 0.2) is 6.10 Å². The fourth-order valence-corrected chi connectivity index (χ4v) is 5.67. The summed E-state index contributed by atoms with van der Waals surface area (Å²) in [5.41, 5.74) is 7.95. The van der Waals surface area contributed by atoms with Crippen LogP contribution in [0.4, 0.5) is 0 Å². The van der Waals surface area contributed by atoms with Crippen LogP contribution in [0.25, 0.3) is 0 Å². The number of esters is 1. The third-order valence-electron chi connectivity index (χ3n) is 5.32. The minimum atomic E-state index is -3.75. The van der Waals surface area contributed by atoms with Crippen molar-refractivity contribution in [2.75, 3.05) is 12.0 Å². The van der Waals surface area contributed by atoms with Crippen molar-refractivity contribution in [2.24, 2.45) is 5.73 Å². The van der Waals surface area contributed by atoms with Crippen molar-refractivity contribution in [2.45, 2.75) is 24.4 Å². The lowest BCUT2D eigenvalue weighted by molar-refractivity contribution is -0.153. The zero-order chi connectivity index (χ0) is 24.5. The highest BCUT2D eigenvalue weighted by Crippen LogP contribution is 2.41. The second-order valence-corrected chi connectivity index (χ2v) is 10.6. The summed E-state index contributed by atoms with van der Waals surface area (Å²) >= 11 is 1.39. The molecule has 2 aliphatic heterocycles. The topological polar surface area (TPSA) is 116 Å². The number of allylic oxidation sites excluding steroid dienone is 2. The zero-order valence-corrected chi connectivity index (χ0v) is 20.2. The van der Waals surface area contributed by atoms with Crippen LogP contribution in [0, 0.1) is 0 Å². The molecular weight excluding hydrogens is 476 g/mol. The summed E-state index contributed by atoms with van der Waals surface area (Å²) in [7, 11) is -3.75. The maximum absolute atomic E-state index is 13.6. The molecule has 1 amide bonds. The third kappa shape index (κ3) is 5.03. The van der Waals surface area contributed by atoms with Crippen molar-refractivity contribution in [1.29, 1.82) is 0 Å². The van der Waals surface area contributed by atoms with Crippen molar-refractivity contribution in [3.8, 4) is 0 Å². The fourth-order valence-electron chi connectivity index (χ4n) is 3.90. The van der Waals surface area contributed by atoms with Crippen LogP contribution in [0.2, 0.25) is 0 Å². The minimum Gasteiger partial charge on any atom is -0.448 e. The van der Waals surface area contributed by atoms with E-state index in [9.17, 15) is 18.0 Å². The van der Waals surface area contributed by atoms with E-state index in [2.05, 4.69) is 0 Å². The normalized spacial score (nSPS) is 20.6. The summed E-state index contributed by atoms with van der Waals surface area (Å²) in [6.07, 6.45) is 1.67. The number of β-lactam (4-membered cyclic amide) rings is 1. The van der Waals surface area contributed by atoms with E-state index in [1.54, 1.807) is 0 Å². The molecule has 4 rings (SSSR count). The van der Waals surface area contributed by atoms with Gasteiger partial charge in [0, 0.05) is 5.75 Å². The van der Waals surface area contributed by atoms with E-state index in [-0.39, 0.29) is 11.5 Å². The van der Waals surface area contributed by atoms with Crippen molar-refractivity contribution in [3.05, 3.63) is 94.9 Å². The van der Waals surface area contributed by atoms with E-state index in [1.165, 1.54) is 29.7 Å². The molecule has 10 heteroatoms. The molecule has 2 aliphatic rings. The predicted molar refractivity (Wildman–Crippen MR) is 129 cm³/mol. The number of carbonyl (C=O) groups is 2. The first-order valence-electron chi connectivity index (χ1n) is 10.5. The first-order valence-corrected chi connectivity index (χ1v) is 13.3. The van der Waals surface area contributed by atoms with Crippen LogP contribution in [-0.4, -0.2) is 48.6 Å². The van der Waals surface area contributed by atoms with Gasteiger partial charge in [0.25, 0.3) is 0 Å². The molecule has 34 heavy (non-hydrogen) atoms. The van der Waals surface area contributed by atoms with Gasteiger partial charge in [-0.2, -0.15) is 8.42 Å². The summed E-state index contributed by atoms with van der Waals surface area (Å²) in [5.74, 6) is -0.700. The number of thioether (sulfide) groups is 1. The number of ether oxygens (including phenoxy) is 1. The Bertz CT molecular complexity index is 1220. The van der Waals surface area contributed by atoms with Crippen molar-refractivity contribution < 1.29 is 26.9 Å². The van der Waals surface area contributed by atoms with Crippen LogP contribution in [-0.2, 0) is 28.6 Å². The van der Waals surface area contributed by atoms with Gasteiger partial charge in [-0.1, -0.05) is 60.7 Å². The molecule has 0 saturated carbocycles. The second-order valence-electron chi connectivity index (χ2n) is 7.96. The summed E-state index contributed by atoms with van der Waals surface area (Å²) < 4.78 is 34.0. The molecule has 1 saturated heterocycles. The van der Waals surface area contributed by atoms with Gasteiger partial charge in [-0.05, 0) is 29.7 Å². The van der Waals surface area contributed by atoms with E-state index in [1.807, 2.05) is 60.7 Å². The highest BCUT2D eigenvalue weighted by molar-refractivity contribution is 8.00. The number of fused-ring (bicyclic) bond motifs is 1. The number of amides is 1. The predicted octanol–water partition coefficient (Wildman–Crippen LogP) is 2.70. The van der Waals surface area contributed by atoms with Gasteiger partial charge >= 0.3 is 16.1 Å². The average Bonchev–Trinajstić information content (AvgIpc) is 2.81. The van der Waals surface area contributed by atoms with E-state index >= 15 is 0 Å². The van der Waals surface area contributed by atoms with E-state index in [0.717, 1.165) is 17.4 Å². The first-order chi connectivity index (χ1) is 16.2. The van der Waals surface area contributed by atoms with Crippen LogP contribution in [0.15, 0.2) is 83.8 Å². The molecule has 2 heterocycles. The molecule has 8 nitrogen and oxygen atoms in total. The van der Waals surface area contributed by atoms with Gasteiger partial charge in [-0.15, -0.1) is 11.8 Å². The SMILES string of the molecule is CC(=CC1=C(C(=O)OC(c2ccccc2)c2ccccc2)N2C(=O)C(N)C2SC1)OS(C)(=O)=O. The molecule has 0 spiro atoms. The van der Waals surface area contributed by atoms with Crippen LogP contribution in [0.5, 0.6) is 0 Å². The number of nitrogens with zero attached hydrogens (tertiary/aromatic N) is 1. The van der Waals surface area contributed by atoms with Crippen LogP contribution < -0.4 is 5.73 Å². The van der Waals surface area contributed by atoms with Gasteiger partial charge in [0.1, 0.15) is 22.9 Å². The molecular formula is C24H24N2O6S2. The standard InChI is InChI=1S/C24H24N2O6S2/c1-15(32-34(2,29)30)13-18-14-33-23-19(25)22(27)26(23)20(18)24(28)31-21(16-9-5-3-6-10-16)17-11-7-4-8-12-17/h3-13,19,21,23H,14,25H2,1-2H3. The van der Waals surface area contributed by atoms with E-state index < -0.39 is 39.5 Å². The Morgan fingerprint density at radius 2 is 1.68 bits per heavy atom. The molecule has 1 fully saturated rings. The number of carbonyl (C=O) groups excluding carboxylic acids is 2. The lowest BCUT2D eigenvalue weighted by Crippen LogP contribution is -2.68. The summed E-state index contributed by atoms with van der Waals surface area (Å²) in [6, 6.07) is 17.8. The molecule has 2 atom stereocenters. The lowest BCUT2D eigenvalue weighted by atomic mass is 10.0. The van der Waals surface area contributed by atoms with Crippen LogP contribution in [0.3, 0.4) is 0 Å². The number of hydrogen-bond donors (Lipinski definition) is 1. The summed E-state index contributed by atoms with van der Waals surface area (Å²) in [4.78, 5) is 27.5. The Labute approximate surface area is 202 Å². The molecule has 178 valence electrons. The Morgan fingerprint density at radius 3 is 2.21 bits per heavy atom. The monoisotopic (exact) mass is 500 g/mol. The Balaban J connectivity index is 1.74. The van der Waals surface area contributed by atoms with Crippen LogP contribution >= 0.6 is 11.8 Å². The summed E-state index contributed by atoms with van der Waals surface area (Å²) in [6.45, 7) is 1.47. The quantitative estimate of drug-likeness (QED) is 0.267. The van der Waals surface area contributed by atoms with Crippen LogP contribution in [0.1, 0.15) is 24.2 Å². The lowest BCUT2D eigenvalue weighted by Gasteiger charge is -2.48. The molecule has 0 aromatic heterocycles. The van der Waals surface area contributed by atoms with Crippen molar-refractivity contribution >= 4 is 33.8 Å². The van der Waals surface area contributed by atoms with Gasteiger partial charge in [0.2, 0.25) is 5.91 Å². The number of hydrogen-bond acceptors (Lipinski definition) is 8. The molecule has 2 N–H and O–H groups in total. The summed E-state index contributed by atoms with van der Waals surface area (Å²) in [5, 5.41) is -0.393. The Kier molecular flexibility index (Phi) is 6.83. The molecule has 0 bridgehead atoms. The highest BCUT2D eigenvalue weighted by Gasteiger charge is 2.52.